The van der Waals surface area contributed by atoms with E-state index in [1.54, 1.807) is 35.1 Å². The summed E-state index contributed by atoms with van der Waals surface area (Å²) in [6, 6.07) is 6.74. The minimum absolute atomic E-state index is 0.122. The predicted octanol–water partition coefficient (Wildman–Crippen LogP) is 1.93. The van der Waals surface area contributed by atoms with Crippen LogP contribution < -0.4 is 4.72 Å². The van der Waals surface area contributed by atoms with Gasteiger partial charge in [-0.2, -0.15) is 5.10 Å². The molecule has 1 aromatic heterocycles. The summed E-state index contributed by atoms with van der Waals surface area (Å²) in [5.74, 6) is 0. The number of aromatic nitrogens is 2. The summed E-state index contributed by atoms with van der Waals surface area (Å²) >= 11 is 0. The number of benzene rings is 1. The summed E-state index contributed by atoms with van der Waals surface area (Å²) in [6.45, 7) is 2.46. The molecule has 0 saturated carbocycles. The minimum atomic E-state index is -3.50. The summed E-state index contributed by atoms with van der Waals surface area (Å²) in [7, 11) is -1.65. The fraction of sp³-hybridized carbons (Fsp3) is 0.438. The molecule has 0 bridgehead atoms. The van der Waals surface area contributed by atoms with E-state index in [0.29, 0.717) is 24.3 Å². The van der Waals surface area contributed by atoms with Crippen LogP contribution in [0.1, 0.15) is 30.1 Å². The van der Waals surface area contributed by atoms with Gasteiger partial charge in [0.2, 0.25) is 10.0 Å². The van der Waals surface area contributed by atoms with Crippen molar-refractivity contribution in [1.29, 1.82) is 0 Å². The van der Waals surface area contributed by atoms with Gasteiger partial charge in [-0.15, -0.1) is 0 Å². The van der Waals surface area contributed by atoms with Gasteiger partial charge in [0.1, 0.15) is 0 Å². The summed E-state index contributed by atoms with van der Waals surface area (Å²) in [6.07, 6.45) is 4.82. The summed E-state index contributed by atoms with van der Waals surface area (Å²) in [4.78, 5) is 0.299. The molecule has 23 heavy (non-hydrogen) atoms. The molecule has 2 aromatic rings. The number of nitrogens with zero attached hydrogens (tertiary/aromatic N) is 2. The first kappa shape index (κ1) is 16.2. The lowest BCUT2D eigenvalue weighted by Crippen LogP contribution is -2.39. The molecule has 7 heteroatoms. The van der Waals surface area contributed by atoms with Crippen LogP contribution in [0.3, 0.4) is 0 Å². The van der Waals surface area contributed by atoms with Gasteiger partial charge in [-0.25, -0.2) is 13.1 Å². The Kier molecular flexibility index (Phi) is 4.52. The first-order valence-electron chi connectivity index (χ1n) is 7.63. The fourth-order valence-electron chi connectivity index (χ4n) is 2.75. The Hall–Kier alpha value is -1.70. The number of hydrogen-bond donors (Lipinski definition) is 1. The number of aryl methyl sites for hydroxylation is 2. The van der Waals surface area contributed by atoms with Crippen molar-refractivity contribution in [3.05, 3.63) is 47.8 Å². The summed E-state index contributed by atoms with van der Waals surface area (Å²) < 4.78 is 35.3. The maximum Gasteiger partial charge on any atom is 0.240 e. The van der Waals surface area contributed by atoms with Gasteiger partial charge < -0.3 is 4.74 Å². The molecule has 124 valence electrons. The van der Waals surface area contributed by atoms with Crippen LogP contribution in [0, 0.1) is 6.92 Å². The zero-order valence-electron chi connectivity index (χ0n) is 13.3. The van der Waals surface area contributed by atoms with Gasteiger partial charge in [-0.1, -0.05) is 17.7 Å². The molecule has 0 amide bonds. The lowest BCUT2D eigenvalue weighted by molar-refractivity contribution is 0.00401. The lowest BCUT2D eigenvalue weighted by atomic mass is 10.0. The van der Waals surface area contributed by atoms with Gasteiger partial charge in [-0.3, -0.25) is 4.68 Å². The SMILES string of the molecule is Cc1ccc(S(=O)(=O)N[C@@H]2CCO[C@H](c3cnn(C)c3)C2)cc1. The maximum atomic E-state index is 12.5. The monoisotopic (exact) mass is 335 g/mol. The Bertz CT molecular complexity index is 768. The topological polar surface area (TPSA) is 73.2 Å². The highest BCUT2D eigenvalue weighted by Crippen LogP contribution is 2.28. The van der Waals surface area contributed by atoms with Crippen LogP contribution in [-0.2, 0) is 21.8 Å². The molecule has 1 aliphatic heterocycles. The summed E-state index contributed by atoms with van der Waals surface area (Å²) in [5.41, 5.74) is 2.01. The third kappa shape index (κ3) is 3.80. The molecule has 6 nitrogen and oxygen atoms in total. The first-order chi connectivity index (χ1) is 10.9. The molecule has 2 heterocycles. The van der Waals surface area contributed by atoms with Gasteiger partial charge in [-0.05, 0) is 31.9 Å². The van der Waals surface area contributed by atoms with Gasteiger partial charge >= 0.3 is 0 Å². The van der Waals surface area contributed by atoms with Gasteiger partial charge in [0.25, 0.3) is 0 Å². The van der Waals surface area contributed by atoms with E-state index in [2.05, 4.69) is 9.82 Å². The molecule has 0 spiro atoms. The van der Waals surface area contributed by atoms with E-state index in [0.717, 1.165) is 11.1 Å². The van der Waals surface area contributed by atoms with Crippen LogP contribution in [-0.4, -0.2) is 30.8 Å². The largest absolute Gasteiger partial charge is 0.373 e. The quantitative estimate of drug-likeness (QED) is 0.926. The molecule has 0 unspecified atom stereocenters. The van der Waals surface area contributed by atoms with Crippen molar-refractivity contribution < 1.29 is 13.2 Å². The highest BCUT2D eigenvalue weighted by Gasteiger charge is 2.28. The molecule has 1 aliphatic rings. The maximum absolute atomic E-state index is 12.5. The second-order valence-corrected chi connectivity index (χ2v) is 7.68. The van der Waals surface area contributed by atoms with Crippen molar-refractivity contribution in [2.75, 3.05) is 6.61 Å². The average Bonchev–Trinajstić information content (AvgIpc) is 2.94. The second kappa shape index (κ2) is 6.43. The fourth-order valence-corrected chi connectivity index (χ4v) is 4.03. The number of sulfonamides is 1. The van der Waals surface area contributed by atoms with Gasteiger partial charge in [0, 0.05) is 31.5 Å². The van der Waals surface area contributed by atoms with E-state index in [9.17, 15) is 8.42 Å². The van der Waals surface area contributed by atoms with Gasteiger partial charge in [0.15, 0.2) is 0 Å². The third-order valence-corrected chi connectivity index (χ3v) is 5.57. The molecule has 1 fully saturated rings. The zero-order valence-corrected chi connectivity index (χ0v) is 14.1. The molecule has 0 radical (unpaired) electrons. The Morgan fingerprint density at radius 1 is 1.30 bits per heavy atom. The molecule has 2 atom stereocenters. The van der Waals surface area contributed by atoms with Crippen LogP contribution in [0.25, 0.3) is 0 Å². The molecule has 0 aliphatic carbocycles. The average molecular weight is 335 g/mol. The molecule has 1 aromatic carbocycles. The molecule has 1 N–H and O–H groups in total. The normalized spacial score (nSPS) is 22.2. The smallest absolute Gasteiger partial charge is 0.240 e. The van der Waals surface area contributed by atoms with E-state index in [1.165, 1.54) is 0 Å². The standard InChI is InChI=1S/C16H21N3O3S/c1-12-3-5-15(6-4-12)23(20,21)18-14-7-8-22-16(9-14)13-10-17-19(2)11-13/h3-6,10-11,14,16,18H,7-9H2,1-2H3/t14-,16+/m1/s1. The van der Waals surface area contributed by atoms with E-state index in [-0.39, 0.29) is 12.1 Å². The number of nitrogens with one attached hydrogen (secondary N) is 1. The Morgan fingerprint density at radius 2 is 2.04 bits per heavy atom. The van der Waals surface area contributed by atoms with Crippen molar-refractivity contribution in [1.82, 2.24) is 14.5 Å². The van der Waals surface area contributed by atoms with Gasteiger partial charge in [0.05, 0.1) is 17.2 Å². The van der Waals surface area contributed by atoms with Crippen molar-refractivity contribution >= 4 is 10.0 Å². The van der Waals surface area contributed by atoms with Crippen LogP contribution >= 0.6 is 0 Å². The molecular formula is C16H21N3O3S. The van der Waals surface area contributed by atoms with Crippen molar-refractivity contribution in [3.8, 4) is 0 Å². The Morgan fingerprint density at radius 3 is 2.70 bits per heavy atom. The molecular weight excluding hydrogens is 314 g/mol. The minimum Gasteiger partial charge on any atom is -0.373 e. The van der Waals surface area contributed by atoms with E-state index in [1.807, 2.05) is 20.2 Å². The third-order valence-electron chi connectivity index (χ3n) is 4.03. The van der Waals surface area contributed by atoms with Crippen molar-refractivity contribution in [2.45, 2.75) is 36.8 Å². The number of rotatable bonds is 4. The van der Waals surface area contributed by atoms with Crippen LogP contribution in [0.15, 0.2) is 41.6 Å². The van der Waals surface area contributed by atoms with Crippen LogP contribution in [0.4, 0.5) is 0 Å². The lowest BCUT2D eigenvalue weighted by Gasteiger charge is -2.29. The second-order valence-electron chi connectivity index (χ2n) is 5.96. The predicted molar refractivity (Wildman–Crippen MR) is 86.4 cm³/mol. The van der Waals surface area contributed by atoms with E-state index < -0.39 is 10.0 Å². The summed E-state index contributed by atoms with van der Waals surface area (Å²) in [5, 5.41) is 4.15. The number of ether oxygens (including phenoxy) is 1. The van der Waals surface area contributed by atoms with E-state index >= 15 is 0 Å². The van der Waals surface area contributed by atoms with Crippen LogP contribution in [0.5, 0.6) is 0 Å². The highest BCUT2D eigenvalue weighted by molar-refractivity contribution is 7.89. The van der Waals surface area contributed by atoms with E-state index in [4.69, 9.17) is 4.74 Å². The molecule has 1 saturated heterocycles. The Balaban J connectivity index is 1.70. The van der Waals surface area contributed by atoms with Crippen molar-refractivity contribution in [3.63, 3.8) is 0 Å². The highest BCUT2D eigenvalue weighted by atomic mass is 32.2. The zero-order chi connectivity index (χ0) is 16.4. The number of hydrogen-bond acceptors (Lipinski definition) is 4. The van der Waals surface area contributed by atoms with Crippen LogP contribution in [0.2, 0.25) is 0 Å². The van der Waals surface area contributed by atoms with Crippen molar-refractivity contribution in [2.24, 2.45) is 7.05 Å². The first-order valence-corrected chi connectivity index (χ1v) is 9.11. The Labute approximate surface area is 136 Å². The molecule has 3 rings (SSSR count).